The molecule has 0 unspecified atom stereocenters. The fourth-order valence-corrected chi connectivity index (χ4v) is 1.79. The smallest absolute Gasteiger partial charge is 0.0846 e. The van der Waals surface area contributed by atoms with Crippen molar-refractivity contribution < 1.29 is 0 Å². The van der Waals surface area contributed by atoms with Crippen molar-refractivity contribution in [3.63, 3.8) is 0 Å². The Balaban J connectivity index is 2.03. The number of aryl methyl sites for hydroxylation is 3. The van der Waals surface area contributed by atoms with Gasteiger partial charge in [0.15, 0.2) is 0 Å². The lowest BCUT2D eigenvalue weighted by molar-refractivity contribution is 0.599. The third-order valence-corrected chi connectivity index (χ3v) is 2.65. The van der Waals surface area contributed by atoms with E-state index in [0.29, 0.717) is 13.1 Å². The van der Waals surface area contributed by atoms with E-state index >= 15 is 0 Å². The van der Waals surface area contributed by atoms with E-state index in [2.05, 4.69) is 21.5 Å². The molecule has 2 heterocycles. The van der Waals surface area contributed by atoms with E-state index in [9.17, 15) is 0 Å². The highest BCUT2D eigenvalue weighted by Gasteiger charge is 2.05. The molecule has 6 nitrogen and oxygen atoms in total. The molecule has 2 aromatic heterocycles. The highest BCUT2D eigenvalue weighted by atomic mass is 15.4. The number of rotatable bonds is 5. The highest BCUT2D eigenvalue weighted by molar-refractivity contribution is 5.09. The summed E-state index contributed by atoms with van der Waals surface area (Å²) in [5, 5.41) is 12.5. The van der Waals surface area contributed by atoms with E-state index in [1.165, 1.54) is 0 Å². The molecule has 2 rings (SSSR count). The molecule has 0 aromatic carbocycles. The van der Waals surface area contributed by atoms with Gasteiger partial charge in [-0.1, -0.05) is 5.21 Å². The summed E-state index contributed by atoms with van der Waals surface area (Å²) in [4.78, 5) is 0. The van der Waals surface area contributed by atoms with Crippen molar-refractivity contribution in [1.82, 2.24) is 24.8 Å². The largest absolute Gasteiger partial charge is 0.330 e. The predicted molar refractivity (Wildman–Crippen MR) is 64.4 cm³/mol. The van der Waals surface area contributed by atoms with E-state index in [1.54, 1.807) is 0 Å². The van der Waals surface area contributed by atoms with Gasteiger partial charge < -0.3 is 5.73 Å². The third-order valence-electron chi connectivity index (χ3n) is 2.65. The molecule has 0 saturated carbocycles. The Morgan fingerprint density at radius 3 is 2.88 bits per heavy atom. The fraction of sp³-hybridized carbons (Fsp3) is 0.545. The number of hydrogen-bond acceptors (Lipinski definition) is 4. The Labute approximate surface area is 100 Å². The number of nitrogens with zero attached hydrogens (tertiary/aromatic N) is 5. The van der Waals surface area contributed by atoms with E-state index in [-0.39, 0.29) is 0 Å². The van der Waals surface area contributed by atoms with Crippen LogP contribution in [0.25, 0.3) is 0 Å². The monoisotopic (exact) mass is 234 g/mol. The predicted octanol–water partition coefficient (Wildman–Crippen LogP) is 0.260. The topological polar surface area (TPSA) is 74.6 Å². The van der Waals surface area contributed by atoms with Gasteiger partial charge in [-0.3, -0.25) is 4.68 Å². The van der Waals surface area contributed by atoms with E-state index in [1.807, 2.05) is 29.5 Å². The summed E-state index contributed by atoms with van der Waals surface area (Å²) in [5.41, 5.74) is 8.60. The highest BCUT2D eigenvalue weighted by Crippen LogP contribution is 2.05. The minimum Gasteiger partial charge on any atom is -0.330 e. The van der Waals surface area contributed by atoms with Gasteiger partial charge in [0, 0.05) is 13.2 Å². The minimum absolute atomic E-state index is 0.688. The van der Waals surface area contributed by atoms with Gasteiger partial charge in [0.05, 0.1) is 23.6 Å². The van der Waals surface area contributed by atoms with Crippen LogP contribution in [0.1, 0.15) is 23.5 Å². The zero-order valence-electron chi connectivity index (χ0n) is 10.3. The van der Waals surface area contributed by atoms with Crippen LogP contribution in [0.15, 0.2) is 12.3 Å². The summed E-state index contributed by atoms with van der Waals surface area (Å²) in [5.74, 6) is 0. The van der Waals surface area contributed by atoms with Crippen LogP contribution in [0, 0.1) is 6.92 Å². The molecule has 92 valence electrons. The van der Waals surface area contributed by atoms with Crippen molar-refractivity contribution in [2.24, 2.45) is 12.8 Å². The van der Waals surface area contributed by atoms with Crippen molar-refractivity contribution in [1.29, 1.82) is 0 Å². The fourth-order valence-electron chi connectivity index (χ4n) is 1.79. The van der Waals surface area contributed by atoms with Crippen molar-refractivity contribution in [2.75, 3.05) is 6.54 Å². The summed E-state index contributed by atoms with van der Waals surface area (Å²) in [6.07, 6.45) is 3.81. The summed E-state index contributed by atoms with van der Waals surface area (Å²) in [7, 11) is 1.94. The first kappa shape index (κ1) is 11.8. The van der Waals surface area contributed by atoms with Gasteiger partial charge in [-0.2, -0.15) is 5.10 Å². The van der Waals surface area contributed by atoms with Gasteiger partial charge in [0.1, 0.15) is 0 Å². The van der Waals surface area contributed by atoms with Crippen LogP contribution in [0.2, 0.25) is 0 Å². The molecule has 17 heavy (non-hydrogen) atoms. The average molecular weight is 234 g/mol. The number of aromatic nitrogens is 5. The lowest BCUT2D eigenvalue weighted by atomic mass is 10.2. The second-order valence-electron chi connectivity index (χ2n) is 4.20. The maximum atomic E-state index is 5.46. The molecular formula is C11H18N6. The Morgan fingerprint density at radius 1 is 1.41 bits per heavy atom. The molecule has 0 bridgehead atoms. The second-order valence-corrected chi connectivity index (χ2v) is 4.20. The van der Waals surface area contributed by atoms with Crippen molar-refractivity contribution >= 4 is 0 Å². The molecule has 2 aromatic rings. The van der Waals surface area contributed by atoms with Gasteiger partial charge in [-0.05, 0) is 32.4 Å². The van der Waals surface area contributed by atoms with Crippen LogP contribution in [0.4, 0.5) is 0 Å². The first-order valence-corrected chi connectivity index (χ1v) is 5.77. The molecule has 0 aliphatic carbocycles. The zero-order valence-corrected chi connectivity index (χ0v) is 10.3. The summed E-state index contributed by atoms with van der Waals surface area (Å²) < 4.78 is 3.71. The van der Waals surface area contributed by atoms with Gasteiger partial charge in [-0.15, -0.1) is 5.10 Å². The Morgan fingerprint density at radius 2 is 2.24 bits per heavy atom. The molecule has 0 amide bonds. The van der Waals surface area contributed by atoms with Crippen LogP contribution in [-0.4, -0.2) is 31.3 Å². The molecule has 0 radical (unpaired) electrons. The molecule has 0 aliphatic rings. The molecule has 6 heteroatoms. The summed E-state index contributed by atoms with van der Waals surface area (Å²) in [6, 6.07) is 2.06. The van der Waals surface area contributed by atoms with Gasteiger partial charge in [-0.25, -0.2) is 4.68 Å². The Hall–Kier alpha value is -1.69. The molecule has 0 spiro atoms. The Kier molecular flexibility index (Phi) is 3.53. The zero-order chi connectivity index (χ0) is 12.3. The molecular weight excluding hydrogens is 216 g/mol. The van der Waals surface area contributed by atoms with Crippen LogP contribution in [-0.2, 0) is 20.0 Å². The molecule has 0 aliphatic heterocycles. The second kappa shape index (κ2) is 5.09. The van der Waals surface area contributed by atoms with Crippen molar-refractivity contribution in [3.8, 4) is 0 Å². The summed E-state index contributed by atoms with van der Waals surface area (Å²) in [6.45, 7) is 3.37. The molecule has 2 N–H and O–H groups in total. The maximum Gasteiger partial charge on any atom is 0.0846 e. The quantitative estimate of drug-likeness (QED) is 0.805. The van der Waals surface area contributed by atoms with Crippen LogP contribution in [0.5, 0.6) is 0 Å². The van der Waals surface area contributed by atoms with Gasteiger partial charge in [0.2, 0.25) is 0 Å². The molecule has 0 saturated heterocycles. The first-order valence-electron chi connectivity index (χ1n) is 5.77. The van der Waals surface area contributed by atoms with E-state index in [4.69, 9.17) is 5.73 Å². The minimum atomic E-state index is 0.688. The standard InChI is InChI=1S/C11H18N6/c1-9-6-11(16(2)14-9)8-17-7-10(13-15-17)4-3-5-12/h6-7H,3-5,8,12H2,1-2H3. The number of nitrogens with two attached hydrogens (primary N) is 1. The first-order chi connectivity index (χ1) is 8.19. The van der Waals surface area contributed by atoms with Gasteiger partial charge in [0.25, 0.3) is 0 Å². The normalized spacial score (nSPS) is 11.0. The molecule has 0 atom stereocenters. The van der Waals surface area contributed by atoms with E-state index in [0.717, 1.165) is 29.9 Å². The maximum absolute atomic E-state index is 5.46. The lowest BCUT2D eigenvalue weighted by Crippen LogP contribution is -2.06. The average Bonchev–Trinajstić information content (AvgIpc) is 2.84. The van der Waals surface area contributed by atoms with E-state index < -0.39 is 0 Å². The third kappa shape index (κ3) is 2.91. The molecule has 0 fully saturated rings. The number of hydrogen-bond donors (Lipinski definition) is 1. The van der Waals surface area contributed by atoms with Gasteiger partial charge >= 0.3 is 0 Å². The SMILES string of the molecule is Cc1cc(Cn2cc(CCCN)nn2)n(C)n1. The van der Waals surface area contributed by atoms with Crippen LogP contribution < -0.4 is 5.73 Å². The van der Waals surface area contributed by atoms with Crippen LogP contribution in [0.3, 0.4) is 0 Å². The lowest BCUT2D eigenvalue weighted by Gasteiger charge is -2.00. The van der Waals surface area contributed by atoms with Crippen LogP contribution >= 0.6 is 0 Å². The Bertz CT molecular complexity index is 484. The summed E-state index contributed by atoms with van der Waals surface area (Å²) >= 11 is 0. The van der Waals surface area contributed by atoms with Crippen molar-refractivity contribution in [2.45, 2.75) is 26.3 Å². The van der Waals surface area contributed by atoms with Crippen molar-refractivity contribution in [3.05, 3.63) is 29.3 Å².